The van der Waals surface area contributed by atoms with Crippen molar-refractivity contribution in [3.05, 3.63) is 50.2 Å². The van der Waals surface area contributed by atoms with Crippen LogP contribution in [-0.4, -0.2) is 15.6 Å². The molecule has 2 aromatic rings. The Morgan fingerprint density at radius 2 is 2.10 bits per heavy atom. The second-order valence-corrected chi connectivity index (χ2v) is 6.23. The summed E-state index contributed by atoms with van der Waals surface area (Å²) >= 11 is 9.77. The van der Waals surface area contributed by atoms with E-state index in [2.05, 4.69) is 21.0 Å². The van der Waals surface area contributed by atoms with Gasteiger partial charge in [-0.1, -0.05) is 40.5 Å². The highest BCUT2D eigenvalue weighted by Crippen LogP contribution is 2.24. The molecule has 0 radical (unpaired) electrons. The van der Waals surface area contributed by atoms with E-state index >= 15 is 0 Å². The van der Waals surface area contributed by atoms with Crippen LogP contribution in [0.25, 0.3) is 0 Å². The fraction of sp³-hybridized carbons (Fsp3) is 0.375. The molecule has 0 aliphatic heterocycles. The Hall–Kier alpha value is -1.13. The number of aromatic nitrogens is 2. The number of halogens is 2. The first-order valence-electron chi connectivity index (χ1n) is 7.01. The average molecular weight is 370 g/mol. The predicted octanol–water partition coefficient (Wildman–Crippen LogP) is 4.62. The number of hydrogen-bond donors (Lipinski definition) is 0. The van der Waals surface area contributed by atoms with Gasteiger partial charge in [0.15, 0.2) is 5.78 Å². The van der Waals surface area contributed by atoms with Gasteiger partial charge in [0, 0.05) is 16.6 Å². The Kier molecular flexibility index (Phi) is 5.22. The van der Waals surface area contributed by atoms with Crippen molar-refractivity contribution in [1.82, 2.24) is 9.78 Å². The van der Waals surface area contributed by atoms with Crippen molar-refractivity contribution >= 4 is 33.3 Å². The minimum atomic E-state index is 0.0687. The van der Waals surface area contributed by atoms with Gasteiger partial charge in [-0.3, -0.25) is 9.48 Å². The van der Waals surface area contributed by atoms with Crippen LogP contribution in [0.2, 0.25) is 5.02 Å². The molecule has 0 N–H and O–H groups in total. The molecule has 0 unspecified atom stereocenters. The monoisotopic (exact) mass is 368 g/mol. The molecule has 1 heterocycles. The van der Waals surface area contributed by atoms with Gasteiger partial charge < -0.3 is 0 Å². The largest absolute Gasteiger partial charge is 0.294 e. The molecule has 0 saturated carbocycles. The lowest BCUT2D eigenvalue weighted by molar-refractivity contribution is 0.0990. The van der Waals surface area contributed by atoms with Crippen LogP contribution >= 0.6 is 27.5 Å². The molecule has 112 valence electrons. The van der Waals surface area contributed by atoms with Crippen molar-refractivity contribution in [2.75, 3.05) is 0 Å². The van der Waals surface area contributed by atoms with E-state index in [-0.39, 0.29) is 12.2 Å². The van der Waals surface area contributed by atoms with E-state index in [0.29, 0.717) is 11.6 Å². The maximum atomic E-state index is 12.5. The summed E-state index contributed by atoms with van der Waals surface area (Å²) in [5, 5.41) is 5.08. The molecule has 1 aromatic carbocycles. The van der Waals surface area contributed by atoms with Crippen LogP contribution in [0.4, 0.5) is 0 Å². The summed E-state index contributed by atoms with van der Waals surface area (Å²) in [6, 6.07) is 5.68. The Morgan fingerprint density at radius 1 is 1.38 bits per heavy atom. The lowest BCUT2D eigenvalue weighted by Crippen LogP contribution is -2.11. The molecule has 5 heteroatoms. The van der Waals surface area contributed by atoms with Gasteiger partial charge in [-0.25, -0.2) is 0 Å². The Bertz CT molecular complexity index is 679. The first-order valence-corrected chi connectivity index (χ1v) is 8.18. The zero-order chi connectivity index (χ0) is 15.6. The molecule has 2 rings (SSSR count). The highest BCUT2D eigenvalue weighted by atomic mass is 79.9. The van der Waals surface area contributed by atoms with Gasteiger partial charge in [-0.2, -0.15) is 5.10 Å². The second kappa shape index (κ2) is 6.75. The van der Waals surface area contributed by atoms with E-state index in [0.717, 1.165) is 33.4 Å². The molecule has 0 bridgehead atoms. The molecule has 3 nitrogen and oxygen atoms in total. The smallest absolute Gasteiger partial charge is 0.169 e. The fourth-order valence-electron chi connectivity index (χ4n) is 2.37. The number of nitrogens with zero attached hydrogens (tertiary/aromatic N) is 2. The molecule has 0 fully saturated rings. The number of aryl methyl sites for hydroxylation is 3. The van der Waals surface area contributed by atoms with Crippen molar-refractivity contribution in [3.63, 3.8) is 0 Å². The zero-order valence-corrected chi connectivity index (χ0v) is 14.8. The summed E-state index contributed by atoms with van der Waals surface area (Å²) in [4.78, 5) is 12.5. The lowest BCUT2D eigenvalue weighted by atomic mass is 10.0. The van der Waals surface area contributed by atoms with E-state index in [1.807, 2.05) is 43.7 Å². The van der Waals surface area contributed by atoms with E-state index in [9.17, 15) is 4.79 Å². The second-order valence-electron chi connectivity index (χ2n) is 4.94. The quantitative estimate of drug-likeness (QED) is 0.721. The van der Waals surface area contributed by atoms with Crippen molar-refractivity contribution in [2.45, 2.75) is 40.2 Å². The fourth-order valence-corrected chi connectivity index (χ4v) is 3.18. The molecular weight excluding hydrogens is 352 g/mol. The molecule has 0 aliphatic carbocycles. The number of ketones is 1. The minimum absolute atomic E-state index is 0.0687. The number of carbonyl (C=O) groups is 1. The summed E-state index contributed by atoms with van der Waals surface area (Å²) in [7, 11) is 0. The SMILES string of the molecule is CCc1nn(CC)c(CC(=O)c2ccc(Br)cc2C)c1Cl. The Balaban J connectivity index is 2.33. The van der Waals surface area contributed by atoms with Crippen LogP contribution in [0.15, 0.2) is 22.7 Å². The maximum Gasteiger partial charge on any atom is 0.169 e. The van der Waals surface area contributed by atoms with E-state index < -0.39 is 0 Å². The highest BCUT2D eigenvalue weighted by Gasteiger charge is 2.19. The third-order valence-corrected chi connectivity index (χ3v) is 4.44. The Labute approximate surface area is 138 Å². The number of rotatable bonds is 5. The van der Waals surface area contributed by atoms with E-state index in [1.54, 1.807) is 0 Å². The third kappa shape index (κ3) is 3.38. The number of hydrogen-bond acceptors (Lipinski definition) is 2. The van der Waals surface area contributed by atoms with Crippen LogP contribution in [0, 0.1) is 6.92 Å². The summed E-state index contributed by atoms with van der Waals surface area (Å²) in [6.07, 6.45) is 1.05. The van der Waals surface area contributed by atoms with Gasteiger partial charge in [0.2, 0.25) is 0 Å². The first-order chi connectivity index (χ1) is 9.97. The van der Waals surface area contributed by atoms with Crippen molar-refractivity contribution < 1.29 is 4.79 Å². The van der Waals surface area contributed by atoms with Crippen LogP contribution in [0.3, 0.4) is 0 Å². The van der Waals surface area contributed by atoms with Crippen LogP contribution in [0.1, 0.15) is 41.2 Å². The molecule has 0 atom stereocenters. The number of Topliss-reactive ketones (excluding diaryl/α,β-unsaturated/α-hetero) is 1. The predicted molar refractivity (Wildman–Crippen MR) is 89.2 cm³/mol. The molecule has 0 amide bonds. The Morgan fingerprint density at radius 3 is 2.67 bits per heavy atom. The van der Waals surface area contributed by atoms with Gasteiger partial charge in [-0.05, 0) is 38.0 Å². The maximum absolute atomic E-state index is 12.5. The normalized spacial score (nSPS) is 10.9. The third-order valence-electron chi connectivity index (χ3n) is 3.51. The summed E-state index contributed by atoms with van der Waals surface area (Å²) < 4.78 is 2.80. The molecule has 21 heavy (non-hydrogen) atoms. The number of benzene rings is 1. The lowest BCUT2D eigenvalue weighted by Gasteiger charge is -2.07. The average Bonchev–Trinajstić information content (AvgIpc) is 2.75. The van der Waals surface area contributed by atoms with Gasteiger partial charge in [-0.15, -0.1) is 0 Å². The van der Waals surface area contributed by atoms with Gasteiger partial charge in [0.05, 0.1) is 22.8 Å². The summed E-state index contributed by atoms with van der Waals surface area (Å²) in [5.74, 6) is 0.0687. The molecular formula is C16H18BrClN2O. The molecule has 0 saturated heterocycles. The van der Waals surface area contributed by atoms with Crippen LogP contribution in [0.5, 0.6) is 0 Å². The molecule has 1 aromatic heterocycles. The summed E-state index contributed by atoms with van der Waals surface area (Å²) in [6.45, 7) is 6.66. The highest BCUT2D eigenvalue weighted by molar-refractivity contribution is 9.10. The van der Waals surface area contributed by atoms with Gasteiger partial charge in [0.1, 0.15) is 0 Å². The van der Waals surface area contributed by atoms with Crippen molar-refractivity contribution in [3.8, 4) is 0 Å². The van der Waals surface area contributed by atoms with E-state index in [4.69, 9.17) is 11.6 Å². The first kappa shape index (κ1) is 16.2. The summed E-state index contributed by atoms with van der Waals surface area (Å²) in [5.41, 5.74) is 3.36. The van der Waals surface area contributed by atoms with Gasteiger partial charge in [0.25, 0.3) is 0 Å². The molecule has 0 spiro atoms. The van der Waals surface area contributed by atoms with Crippen LogP contribution in [-0.2, 0) is 19.4 Å². The number of carbonyl (C=O) groups excluding carboxylic acids is 1. The standard InChI is InChI=1S/C16H18BrClN2O/c1-4-13-16(18)14(20(5-2)19-13)9-15(21)12-7-6-11(17)8-10(12)3/h6-8H,4-5,9H2,1-3H3. The van der Waals surface area contributed by atoms with Gasteiger partial charge >= 0.3 is 0 Å². The zero-order valence-electron chi connectivity index (χ0n) is 12.4. The van der Waals surface area contributed by atoms with Crippen molar-refractivity contribution in [2.24, 2.45) is 0 Å². The van der Waals surface area contributed by atoms with Crippen molar-refractivity contribution in [1.29, 1.82) is 0 Å². The topological polar surface area (TPSA) is 34.9 Å². The van der Waals surface area contributed by atoms with Crippen LogP contribution < -0.4 is 0 Å². The minimum Gasteiger partial charge on any atom is -0.294 e. The molecule has 0 aliphatic rings. The van der Waals surface area contributed by atoms with E-state index in [1.165, 1.54) is 0 Å².